The van der Waals surface area contributed by atoms with Gasteiger partial charge in [-0.15, -0.1) is 0 Å². The summed E-state index contributed by atoms with van der Waals surface area (Å²) >= 11 is 0. The summed E-state index contributed by atoms with van der Waals surface area (Å²) in [4.78, 5) is 154. The largest absolute Gasteiger partial charge is 0.481 e. The van der Waals surface area contributed by atoms with Gasteiger partial charge < -0.3 is 73.1 Å². The average Bonchev–Trinajstić information content (AvgIpc) is 4.12. The third-order valence-corrected chi connectivity index (χ3v) is 14.6. The van der Waals surface area contributed by atoms with Crippen molar-refractivity contribution in [2.75, 3.05) is 37.7 Å². The predicted octanol–water partition coefficient (Wildman–Crippen LogP) is -2.94. The summed E-state index contributed by atoms with van der Waals surface area (Å²) in [7, 11) is 1.94. The van der Waals surface area contributed by atoms with Crippen LogP contribution in [0.3, 0.4) is 0 Å². The molecule has 3 fully saturated rings. The van der Waals surface area contributed by atoms with Crippen LogP contribution < -0.4 is 43.0 Å². The maximum Gasteiger partial charge on any atom is 0.327 e. The van der Waals surface area contributed by atoms with E-state index >= 15 is 0 Å². The number of hydrogen-bond acceptors (Lipinski definition) is 15. The maximum atomic E-state index is 14.5. The van der Waals surface area contributed by atoms with Gasteiger partial charge in [-0.05, 0) is 56.6 Å². The van der Waals surface area contributed by atoms with E-state index in [1.807, 2.05) is 13.8 Å². The minimum Gasteiger partial charge on any atom is -0.481 e. The zero-order valence-corrected chi connectivity index (χ0v) is 41.6. The lowest BCUT2D eigenvalue weighted by Crippen LogP contribution is -2.60. The Bertz CT molecular complexity index is 2370. The van der Waals surface area contributed by atoms with Crippen molar-refractivity contribution in [1.29, 1.82) is 0 Å². The monoisotopic (exact) mass is 1050 g/mol. The number of carbonyl (C=O) groups excluding carboxylic acids is 9. The minimum absolute atomic E-state index is 0.0446. The van der Waals surface area contributed by atoms with E-state index in [1.54, 1.807) is 30.5 Å². The number of rotatable bonds is 10. The molecule has 9 atom stereocenters. The molecule has 3 aliphatic heterocycles. The number of benzene rings is 1. The summed E-state index contributed by atoms with van der Waals surface area (Å²) in [5.41, 5.74) is 7.08. The van der Waals surface area contributed by atoms with Crippen LogP contribution in [0.5, 0.6) is 0 Å². The van der Waals surface area contributed by atoms with Crippen molar-refractivity contribution in [3.8, 4) is 0 Å². The molecule has 0 aliphatic carbocycles. The van der Waals surface area contributed by atoms with Gasteiger partial charge in [0.05, 0.1) is 25.6 Å². The number of para-hydroxylation sites is 1. The molecule has 3 saturated heterocycles. The van der Waals surface area contributed by atoms with Crippen molar-refractivity contribution >= 4 is 97.6 Å². The molecule has 25 nitrogen and oxygen atoms in total. The second kappa shape index (κ2) is 26.3. The fourth-order valence-corrected chi connectivity index (χ4v) is 10.8. The summed E-state index contributed by atoms with van der Waals surface area (Å²) in [6.07, 6.45) is 1.52. The molecule has 0 spiro atoms. The molecule has 0 radical (unpaired) electrons. The van der Waals surface area contributed by atoms with Gasteiger partial charge in [0.15, 0.2) is 0 Å². The van der Waals surface area contributed by atoms with Crippen LogP contribution in [0.2, 0.25) is 0 Å². The summed E-state index contributed by atoms with van der Waals surface area (Å²) in [5.74, 6) is -11.3. The Hall–Kier alpha value is -6.45. The molecule has 0 saturated carbocycles. The molecule has 9 amide bonds. The third kappa shape index (κ3) is 15.3. The number of aliphatic carboxylic acids is 2. The van der Waals surface area contributed by atoms with Gasteiger partial charge in [-0.1, -0.05) is 53.6 Å². The molecule has 13 N–H and O–H groups in total. The Kier molecular flexibility index (Phi) is 20.6. The van der Waals surface area contributed by atoms with E-state index < -0.39 is 139 Å². The highest BCUT2D eigenvalue weighted by Gasteiger charge is 2.41. The first kappa shape index (κ1) is 56.5. The summed E-state index contributed by atoms with van der Waals surface area (Å²) in [5, 5.41) is 48.0. The lowest BCUT2D eigenvalue weighted by atomic mass is 10.0. The van der Waals surface area contributed by atoms with Gasteiger partial charge in [0.1, 0.15) is 48.3 Å². The molecule has 4 heterocycles. The molecule has 2 aromatic rings. The Morgan fingerprint density at radius 3 is 2.00 bits per heavy atom. The normalized spacial score (nSPS) is 26.6. The van der Waals surface area contributed by atoms with Crippen molar-refractivity contribution < 1.29 is 68.1 Å². The van der Waals surface area contributed by atoms with E-state index in [0.717, 1.165) is 26.5 Å². The van der Waals surface area contributed by atoms with Crippen LogP contribution in [-0.4, -0.2) is 187 Å². The summed E-state index contributed by atoms with van der Waals surface area (Å²) in [6.45, 7) is 3.32. The fraction of sp³-hybridized carbons (Fsp3) is 0.578. The molecule has 72 heavy (non-hydrogen) atoms. The molecular weight excluding hydrogens is 983 g/mol. The van der Waals surface area contributed by atoms with Gasteiger partial charge in [0.2, 0.25) is 53.2 Å². The van der Waals surface area contributed by atoms with Crippen LogP contribution in [0.15, 0.2) is 30.5 Å². The van der Waals surface area contributed by atoms with Crippen LogP contribution in [0, 0.1) is 5.92 Å². The van der Waals surface area contributed by atoms with Gasteiger partial charge in [-0.3, -0.25) is 47.9 Å². The van der Waals surface area contributed by atoms with Crippen LogP contribution in [0.25, 0.3) is 10.9 Å². The van der Waals surface area contributed by atoms with Crippen molar-refractivity contribution in [2.45, 2.75) is 120 Å². The van der Waals surface area contributed by atoms with Crippen LogP contribution >= 0.6 is 21.6 Å². The number of aliphatic hydroxyl groups is 1. The molecule has 3 aliphatic rings. The molecule has 27 heteroatoms. The van der Waals surface area contributed by atoms with Crippen LogP contribution in [0.1, 0.15) is 64.9 Å². The van der Waals surface area contributed by atoms with E-state index in [0.29, 0.717) is 29.3 Å². The number of H-pyrrole nitrogens is 1. The quantitative estimate of drug-likeness (QED) is 0.106. The lowest BCUT2D eigenvalue weighted by Gasteiger charge is -2.31. The van der Waals surface area contributed by atoms with Gasteiger partial charge in [0, 0.05) is 48.1 Å². The van der Waals surface area contributed by atoms with E-state index in [1.165, 1.54) is 11.8 Å². The van der Waals surface area contributed by atoms with E-state index in [4.69, 9.17) is 5.73 Å². The van der Waals surface area contributed by atoms with E-state index in [-0.39, 0.29) is 56.2 Å². The highest BCUT2D eigenvalue weighted by molar-refractivity contribution is 8.76. The van der Waals surface area contributed by atoms with E-state index in [2.05, 4.69) is 42.2 Å². The van der Waals surface area contributed by atoms with Gasteiger partial charge in [0.25, 0.3) is 0 Å². The first-order chi connectivity index (χ1) is 34.2. The number of nitrogens with two attached hydrogens (primary N) is 1. The molecule has 1 aromatic heterocycles. The van der Waals surface area contributed by atoms with Gasteiger partial charge in [-0.25, -0.2) is 4.79 Å². The van der Waals surface area contributed by atoms with Crippen LogP contribution in [0.4, 0.5) is 0 Å². The standard InChI is InChI=1S/C45H63N11O14S2/c1-22(2)14-29-44(68)56-13-7-11-34(56)43(67)50-27(15-24-17-47-26-9-5-4-8-25(24)26)39(63)52-30(19-57)40(64)49-28(16-36(59)60)38(62)48-18-35(58)55-12-6-10-33(55)42(66)54-32(45(69)70)21-72-71-20-31(41(65)51-29)53-37(61)23(3)46/h4-5,8-9,17,22-23,27-34,47,57H,6-7,10-16,18-21,46H2,1-3H3,(H,48,62)(H,49,64)(H,50,67)(H,51,65)(H,52,63)(H,53,61)(H,54,66)(H,59,60)(H,69,70)/t23-,27-,28-,29-,30-,31-,32-,33-,34-/m0/s1. The first-order valence-corrected chi connectivity index (χ1v) is 26.0. The number of hydrogen-bond donors (Lipinski definition) is 12. The molecule has 5 rings (SSSR count). The highest BCUT2D eigenvalue weighted by atomic mass is 33.1. The number of amides is 9. The van der Waals surface area contributed by atoms with E-state index in [9.17, 15) is 68.1 Å². The summed E-state index contributed by atoms with van der Waals surface area (Å²) in [6, 6.07) is -5.39. The van der Waals surface area contributed by atoms with Crippen molar-refractivity contribution in [2.24, 2.45) is 11.7 Å². The zero-order chi connectivity index (χ0) is 52.8. The van der Waals surface area contributed by atoms with Gasteiger partial charge in [-0.2, -0.15) is 0 Å². The smallest absolute Gasteiger partial charge is 0.327 e. The lowest BCUT2D eigenvalue weighted by molar-refractivity contribution is -0.143. The fourth-order valence-electron chi connectivity index (χ4n) is 8.47. The number of aromatic nitrogens is 1. The van der Waals surface area contributed by atoms with Crippen molar-refractivity contribution in [3.05, 3.63) is 36.0 Å². The van der Waals surface area contributed by atoms with Crippen LogP contribution in [-0.2, 0) is 59.2 Å². The topological polar surface area (TPSA) is 381 Å². The number of nitrogens with zero attached hydrogens (tertiary/aromatic N) is 2. The number of aliphatic hydroxyl groups excluding tert-OH is 1. The Balaban J connectivity index is 1.49. The van der Waals surface area contributed by atoms with Crippen molar-refractivity contribution in [3.63, 3.8) is 0 Å². The number of fused-ring (bicyclic) bond motifs is 3. The second-order valence-corrected chi connectivity index (χ2v) is 20.7. The number of carboxylic acid groups (broad SMARTS) is 2. The maximum absolute atomic E-state index is 14.5. The average molecular weight is 1050 g/mol. The number of nitrogens with one attached hydrogen (secondary N) is 8. The first-order valence-electron chi connectivity index (χ1n) is 23.5. The SMILES string of the molecule is CC(C)C[C@@H]1NC(=O)[C@@H](NC(=O)[C@H](C)N)CSSC[C@@H](C(=O)O)NC(=O)[C@@H]2CCCN2C(=O)CNC(=O)[C@H](CC(=O)O)NC(=O)[C@H](CO)NC(=O)[C@H](Cc2c[nH]c3ccccc23)NC(=O)[C@@H]2CCCN2C1=O. The Morgan fingerprint density at radius 2 is 1.35 bits per heavy atom. The number of aromatic amines is 1. The number of carbonyl (C=O) groups is 11. The second-order valence-electron chi connectivity index (χ2n) is 18.2. The Morgan fingerprint density at radius 1 is 0.750 bits per heavy atom. The third-order valence-electron chi connectivity index (χ3n) is 12.2. The molecule has 394 valence electrons. The predicted molar refractivity (Wildman–Crippen MR) is 261 cm³/mol. The molecule has 0 unspecified atom stereocenters. The van der Waals surface area contributed by atoms with Crippen molar-refractivity contribution in [1.82, 2.24) is 52.0 Å². The molecule has 0 bridgehead atoms. The number of carboxylic acids is 2. The highest BCUT2D eigenvalue weighted by Crippen LogP contribution is 2.26. The minimum atomic E-state index is -1.85. The molecule has 1 aromatic carbocycles. The zero-order valence-electron chi connectivity index (χ0n) is 40.0. The van der Waals surface area contributed by atoms with Gasteiger partial charge >= 0.3 is 11.9 Å². The Labute approximate surface area is 421 Å². The summed E-state index contributed by atoms with van der Waals surface area (Å²) < 4.78 is 0. The molecular formula is C45H63N11O14S2.